The Bertz CT molecular complexity index is 1170. The van der Waals surface area contributed by atoms with E-state index in [0.717, 1.165) is 4.88 Å². The van der Waals surface area contributed by atoms with Gasteiger partial charge >= 0.3 is 5.97 Å². The number of rotatable bonds is 3. The molecule has 0 aliphatic carbocycles. The predicted octanol–water partition coefficient (Wildman–Crippen LogP) is 2.06. The Morgan fingerprint density at radius 3 is 2.88 bits per heavy atom. The number of methoxy groups -OCH3 is 1. The zero-order valence-electron chi connectivity index (χ0n) is 14.0. The van der Waals surface area contributed by atoms with E-state index >= 15 is 0 Å². The zero-order chi connectivity index (χ0) is 18.3. The molecule has 6 nitrogen and oxygen atoms in total. The quantitative estimate of drug-likeness (QED) is 0.646. The van der Waals surface area contributed by atoms with E-state index in [2.05, 4.69) is 4.99 Å². The molecule has 8 heteroatoms. The molecular formula is C18H14N2O4S2. The molecule has 0 bridgehead atoms. The van der Waals surface area contributed by atoms with Gasteiger partial charge in [0.25, 0.3) is 5.56 Å². The monoisotopic (exact) mass is 386 g/mol. The van der Waals surface area contributed by atoms with Crippen LogP contribution in [0.25, 0.3) is 6.08 Å². The first-order valence-corrected chi connectivity index (χ1v) is 9.47. The van der Waals surface area contributed by atoms with Crippen molar-refractivity contribution in [3.05, 3.63) is 77.5 Å². The SMILES string of the molecule is COC(=O)C1=C(C)N=c2sc(=Cc3ccco3)c(=O)n2C1c1cccs1. The standard InChI is InChI=1S/C18H14N2O4S2/c1-10-14(17(22)23-2)15(12-6-4-8-25-12)20-16(21)13(26-18(20)19-10)9-11-5-3-7-24-11/h3-9,15H,1-2H3. The first-order chi connectivity index (χ1) is 12.6. The van der Waals surface area contributed by atoms with Gasteiger partial charge in [-0.05, 0) is 30.5 Å². The van der Waals surface area contributed by atoms with Crippen molar-refractivity contribution in [3.8, 4) is 0 Å². The van der Waals surface area contributed by atoms with E-state index in [1.54, 1.807) is 36.0 Å². The number of fused-ring (bicyclic) bond motifs is 1. The van der Waals surface area contributed by atoms with E-state index in [4.69, 9.17) is 9.15 Å². The van der Waals surface area contributed by atoms with Gasteiger partial charge in [-0.15, -0.1) is 11.3 Å². The van der Waals surface area contributed by atoms with E-state index in [1.807, 2.05) is 17.5 Å². The van der Waals surface area contributed by atoms with Crippen molar-refractivity contribution < 1.29 is 13.9 Å². The van der Waals surface area contributed by atoms with Crippen molar-refractivity contribution in [2.45, 2.75) is 13.0 Å². The lowest BCUT2D eigenvalue weighted by Crippen LogP contribution is -2.39. The molecule has 0 fully saturated rings. The van der Waals surface area contributed by atoms with Crippen molar-refractivity contribution in [1.29, 1.82) is 0 Å². The number of esters is 1. The van der Waals surface area contributed by atoms with Gasteiger partial charge in [-0.3, -0.25) is 9.36 Å². The van der Waals surface area contributed by atoms with E-state index in [0.29, 0.717) is 26.4 Å². The first kappa shape index (κ1) is 16.7. The van der Waals surface area contributed by atoms with Crippen molar-refractivity contribution >= 4 is 34.7 Å². The second-order valence-electron chi connectivity index (χ2n) is 5.60. The van der Waals surface area contributed by atoms with E-state index in [-0.39, 0.29) is 5.56 Å². The number of aromatic nitrogens is 1. The number of thiazole rings is 1. The Morgan fingerprint density at radius 1 is 1.38 bits per heavy atom. The minimum absolute atomic E-state index is 0.211. The Kier molecular flexibility index (Phi) is 4.21. The van der Waals surface area contributed by atoms with Crippen LogP contribution in [0.3, 0.4) is 0 Å². The topological polar surface area (TPSA) is 73.8 Å². The summed E-state index contributed by atoms with van der Waals surface area (Å²) in [6.07, 6.45) is 3.24. The van der Waals surface area contributed by atoms with Gasteiger partial charge in [-0.2, -0.15) is 0 Å². The lowest BCUT2D eigenvalue weighted by atomic mass is 10.0. The summed E-state index contributed by atoms with van der Waals surface area (Å²) in [6, 6.07) is 6.79. The lowest BCUT2D eigenvalue weighted by molar-refractivity contribution is -0.136. The number of carbonyl (C=O) groups excluding carboxylic acids is 1. The highest BCUT2D eigenvalue weighted by molar-refractivity contribution is 7.10. The van der Waals surface area contributed by atoms with Crippen LogP contribution in [0, 0.1) is 0 Å². The normalized spacial score (nSPS) is 17.2. The maximum Gasteiger partial charge on any atom is 0.338 e. The van der Waals surface area contributed by atoms with Crippen molar-refractivity contribution in [1.82, 2.24) is 4.57 Å². The van der Waals surface area contributed by atoms with Gasteiger partial charge in [-0.1, -0.05) is 17.4 Å². The molecule has 132 valence electrons. The predicted molar refractivity (Wildman–Crippen MR) is 98.8 cm³/mol. The van der Waals surface area contributed by atoms with Gasteiger partial charge in [0.15, 0.2) is 4.80 Å². The molecule has 1 atom stereocenters. The van der Waals surface area contributed by atoms with Crippen molar-refractivity contribution in [2.24, 2.45) is 4.99 Å². The van der Waals surface area contributed by atoms with E-state index < -0.39 is 12.0 Å². The summed E-state index contributed by atoms with van der Waals surface area (Å²) in [4.78, 5) is 31.4. The molecule has 0 radical (unpaired) electrons. The van der Waals surface area contributed by atoms with Gasteiger partial charge in [0.05, 0.1) is 29.2 Å². The third-order valence-corrected chi connectivity index (χ3v) is 5.96. The Balaban J connectivity index is 2.00. The third-order valence-electron chi connectivity index (χ3n) is 4.06. The van der Waals surface area contributed by atoms with Crippen LogP contribution in [0.2, 0.25) is 0 Å². The number of ether oxygens (including phenoxy) is 1. The highest BCUT2D eigenvalue weighted by atomic mass is 32.1. The molecule has 1 unspecified atom stereocenters. The van der Waals surface area contributed by atoms with Gasteiger partial charge in [0, 0.05) is 11.0 Å². The molecular weight excluding hydrogens is 372 g/mol. The number of furan rings is 1. The molecule has 3 aromatic heterocycles. The fraction of sp³-hybridized carbons (Fsp3) is 0.167. The number of hydrogen-bond acceptors (Lipinski definition) is 7. The average Bonchev–Trinajstić information content (AvgIpc) is 3.37. The van der Waals surface area contributed by atoms with Crippen molar-refractivity contribution in [3.63, 3.8) is 0 Å². The molecule has 1 aliphatic rings. The van der Waals surface area contributed by atoms with Crippen molar-refractivity contribution in [2.75, 3.05) is 7.11 Å². The summed E-state index contributed by atoms with van der Waals surface area (Å²) in [5.74, 6) is 0.108. The molecule has 0 saturated heterocycles. The van der Waals surface area contributed by atoms with Crippen LogP contribution < -0.4 is 14.9 Å². The van der Waals surface area contributed by atoms with Crippen LogP contribution in [-0.2, 0) is 9.53 Å². The molecule has 0 amide bonds. The maximum absolute atomic E-state index is 13.1. The molecule has 4 rings (SSSR count). The zero-order valence-corrected chi connectivity index (χ0v) is 15.6. The first-order valence-electron chi connectivity index (χ1n) is 7.78. The van der Waals surface area contributed by atoms with Crippen LogP contribution in [0.1, 0.15) is 23.6 Å². The number of allylic oxidation sites excluding steroid dienone is 1. The third kappa shape index (κ3) is 2.67. The molecule has 26 heavy (non-hydrogen) atoms. The highest BCUT2D eigenvalue weighted by Crippen LogP contribution is 2.32. The summed E-state index contributed by atoms with van der Waals surface area (Å²) < 4.78 is 12.3. The van der Waals surface area contributed by atoms with E-state index in [9.17, 15) is 9.59 Å². The minimum Gasteiger partial charge on any atom is -0.466 e. The molecule has 1 aliphatic heterocycles. The molecule has 0 aromatic carbocycles. The van der Waals surface area contributed by atoms with Gasteiger partial charge < -0.3 is 9.15 Å². The maximum atomic E-state index is 13.1. The van der Waals surface area contributed by atoms with Crippen LogP contribution in [0.4, 0.5) is 0 Å². The minimum atomic E-state index is -0.544. The molecule has 0 saturated carbocycles. The Hall–Kier alpha value is -2.71. The molecule has 3 aromatic rings. The van der Waals surface area contributed by atoms with Crippen LogP contribution in [0.15, 0.2) is 61.4 Å². The number of carbonyl (C=O) groups is 1. The highest BCUT2D eigenvalue weighted by Gasteiger charge is 2.33. The molecule has 4 heterocycles. The van der Waals surface area contributed by atoms with Gasteiger partial charge in [0.1, 0.15) is 11.8 Å². The number of hydrogen-bond donors (Lipinski definition) is 0. The molecule has 0 spiro atoms. The molecule has 0 N–H and O–H groups in total. The summed E-state index contributed by atoms with van der Waals surface area (Å²) in [7, 11) is 1.33. The second-order valence-corrected chi connectivity index (χ2v) is 7.59. The average molecular weight is 386 g/mol. The summed E-state index contributed by atoms with van der Waals surface area (Å²) >= 11 is 2.76. The number of nitrogens with zero attached hydrogens (tertiary/aromatic N) is 2. The Labute approximate surface area is 156 Å². The Morgan fingerprint density at radius 2 is 2.23 bits per heavy atom. The smallest absolute Gasteiger partial charge is 0.338 e. The summed E-state index contributed by atoms with van der Waals surface area (Å²) in [5.41, 5.74) is 0.727. The lowest BCUT2D eigenvalue weighted by Gasteiger charge is -2.22. The van der Waals surface area contributed by atoms with Crippen LogP contribution in [0.5, 0.6) is 0 Å². The van der Waals surface area contributed by atoms with Gasteiger partial charge in [0.2, 0.25) is 0 Å². The summed E-state index contributed by atoms with van der Waals surface area (Å²) in [5, 5.41) is 1.91. The van der Waals surface area contributed by atoms with Crippen LogP contribution in [-0.4, -0.2) is 17.6 Å². The largest absolute Gasteiger partial charge is 0.466 e. The van der Waals surface area contributed by atoms with Crippen LogP contribution >= 0.6 is 22.7 Å². The second kappa shape index (κ2) is 6.54. The fourth-order valence-corrected chi connectivity index (χ4v) is 4.76. The van der Waals surface area contributed by atoms with E-state index in [1.165, 1.54) is 29.8 Å². The fourth-order valence-electron chi connectivity index (χ4n) is 2.91. The summed E-state index contributed by atoms with van der Waals surface area (Å²) in [6.45, 7) is 1.76. The number of thiophene rings is 1. The van der Waals surface area contributed by atoms with Gasteiger partial charge in [-0.25, -0.2) is 9.79 Å².